The Morgan fingerprint density at radius 1 is 1.12 bits per heavy atom. The lowest BCUT2D eigenvalue weighted by molar-refractivity contribution is -0.148. The number of alkyl halides is 4. The van der Waals surface area contributed by atoms with Crippen LogP contribution in [0.4, 0.5) is 17.6 Å². The number of Topliss-reactive ketones (excluding diaryl/α,β-unsaturated/α-hetero) is 1. The molecular weight excluding hydrogens is 442 g/mol. The zero-order valence-electron chi connectivity index (χ0n) is 19.1. The number of nitrogens with one attached hydrogen (secondary N) is 1. The molecule has 0 aromatic carbocycles. The number of hydrogen-bond donors (Lipinski definition) is 1. The number of rotatable bonds is 10. The lowest BCUT2D eigenvalue weighted by Gasteiger charge is -2.18. The molecular formula is C23H27F4N3O3. The van der Waals surface area contributed by atoms with Crippen molar-refractivity contribution in [3.63, 3.8) is 0 Å². The van der Waals surface area contributed by atoms with Gasteiger partial charge in [0.2, 0.25) is 0 Å². The van der Waals surface area contributed by atoms with Gasteiger partial charge in [0.15, 0.2) is 6.61 Å². The zero-order valence-corrected chi connectivity index (χ0v) is 19.1. The Labute approximate surface area is 189 Å². The summed E-state index contributed by atoms with van der Waals surface area (Å²) in [5.74, 6) is -4.99. The van der Waals surface area contributed by atoms with Crippen LogP contribution in [0.5, 0.6) is 5.75 Å². The summed E-state index contributed by atoms with van der Waals surface area (Å²) in [6.07, 6.45) is -2.61. The van der Waals surface area contributed by atoms with Crippen LogP contribution < -0.4 is 10.1 Å². The largest absolute Gasteiger partial charge is 0.485 e. The minimum Gasteiger partial charge on any atom is -0.485 e. The Morgan fingerprint density at radius 2 is 1.79 bits per heavy atom. The maximum absolute atomic E-state index is 13.1. The third-order valence-electron chi connectivity index (χ3n) is 4.91. The normalized spacial score (nSPS) is 12.7. The number of carbonyl (C=O) groups excluding carboxylic acids is 2. The quantitative estimate of drug-likeness (QED) is 0.513. The highest BCUT2D eigenvalue weighted by atomic mass is 19.3. The first-order valence-electron chi connectivity index (χ1n) is 10.4. The first kappa shape index (κ1) is 26.2. The van der Waals surface area contributed by atoms with E-state index in [1.54, 1.807) is 26.0 Å². The molecule has 180 valence electrons. The summed E-state index contributed by atoms with van der Waals surface area (Å²) in [6, 6.07) is 4.45. The molecule has 2 heterocycles. The summed E-state index contributed by atoms with van der Waals surface area (Å²) in [5.41, 5.74) is 2.38. The fraction of sp³-hybridized carbons (Fsp3) is 0.478. The van der Waals surface area contributed by atoms with Crippen LogP contribution in [0.25, 0.3) is 0 Å². The van der Waals surface area contributed by atoms with Crippen LogP contribution in [0.3, 0.4) is 0 Å². The summed E-state index contributed by atoms with van der Waals surface area (Å²) >= 11 is 0. The second-order valence-corrected chi connectivity index (χ2v) is 8.21. The number of ketones is 1. The number of aryl methyl sites for hydroxylation is 2. The van der Waals surface area contributed by atoms with Crippen LogP contribution in [-0.4, -0.2) is 40.6 Å². The monoisotopic (exact) mass is 469 g/mol. The summed E-state index contributed by atoms with van der Waals surface area (Å²) in [7, 11) is 0. The summed E-state index contributed by atoms with van der Waals surface area (Å²) < 4.78 is 55.4. The Kier molecular flexibility index (Phi) is 8.51. The van der Waals surface area contributed by atoms with Crippen molar-refractivity contribution in [2.24, 2.45) is 5.92 Å². The average Bonchev–Trinajstić information content (AvgIpc) is 2.72. The highest BCUT2D eigenvalue weighted by Gasteiger charge is 2.41. The van der Waals surface area contributed by atoms with Gasteiger partial charge in [-0.3, -0.25) is 14.6 Å². The van der Waals surface area contributed by atoms with E-state index in [1.165, 1.54) is 13.0 Å². The molecule has 0 aliphatic carbocycles. The molecule has 0 bridgehead atoms. The van der Waals surface area contributed by atoms with Crippen molar-refractivity contribution in [3.05, 3.63) is 52.6 Å². The van der Waals surface area contributed by atoms with Gasteiger partial charge in [0.25, 0.3) is 5.91 Å². The van der Waals surface area contributed by atoms with E-state index in [4.69, 9.17) is 4.74 Å². The Morgan fingerprint density at radius 3 is 2.36 bits per heavy atom. The zero-order chi connectivity index (χ0) is 24.9. The number of halogens is 4. The van der Waals surface area contributed by atoms with E-state index in [-0.39, 0.29) is 29.6 Å². The predicted octanol–water partition coefficient (Wildman–Crippen LogP) is 4.63. The van der Waals surface area contributed by atoms with Crippen LogP contribution in [0.1, 0.15) is 59.8 Å². The summed E-state index contributed by atoms with van der Waals surface area (Å²) in [6.45, 7) is 7.18. The molecule has 0 radical (unpaired) electrons. The Hall–Kier alpha value is -3.04. The van der Waals surface area contributed by atoms with Crippen molar-refractivity contribution in [2.45, 2.75) is 59.4 Å². The molecule has 2 rings (SSSR count). The van der Waals surface area contributed by atoms with Gasteiger partial charge in [-0.1, -0.05) is 13.8 Å². The average molecular weight is 469 g/mol. The van der Waals surface area contributed by atoms with Crippen molar-refractivity contribution < 1.29 is 31.9 Å². The smallest absolute Gasteiger partial charge is 0.340 e. The second-order valence-electron chi connectivity index (χ2n) is 8.21. The number of hydrogen-bond acceptors (Lipinski definition) is 5. The highest BCUT2D eigenvalue weighted by Crippen LogP contribution is 2.26. The Bertz CT molecular complexity index is 1010. The van der Waals surface area contributed by atoms with Gasteiger partial charge >= 0.3 is 12.3 Å². The van der Waals surface area contributed by atoms with Crippen LogP contribution in [0.15, 0.2) is 24.4 Å². The molecule has 0 fully saturated rings. The molecule has 0 spiro atoms. The van der Waals surface area contributed by atoms with Crippen LogP contribution in [-0.2, 0) is 11.2 Å². The lowest BCUT2D eigenvalue weighted by atomic mass is 10.0. The SMILES string of the molecule is Cc1cc(C(C)NC(=O)c2cc(C)c(OCC(F)(F)C(F)F)cn2)cc(CC(=O)C(C)C)n1. The molecule has 0 saturated carbocycles. The van der Waals surface area contributed by atoms with E-state index in [1.807, 2.05) is 13.8 Å². The van der Waals surface area contributed by atoms with E-state index >= 15 is 0 Å². The molecule has 0 aliphatic rings. The lowest BCUT2D eigenvalue weighted by Crippen LogP contribution is -2.34. The minimum absolute atomic E-state index is 0.00769. The number of amides is 1. The molecule has 10 heteroatoms. The highest BCUT2D eigenvalue weighted by molar-refractivity contribution is 5.92. The molecule has 1 atom stereocenters. The third-order valence-corrected chi connectivity index (χ3v) is 4.91. The topological polar surface area (TPSA) is 81.2 Å². The van der Waals surface area contributed by atoms with Crippen molar-refractivity contribution in [1.82, 2.24) is 15.3 Å². The predicted molar refractivity (Wildman–Crippen MR) is 114 cm³/mol. The fourth-order valence-corrected chi connectivity index (χ4v) is 2.90. The van der Waals surface area contributed by atoms with Gasteiger partial charge in [-0.2, -0.15) is 8.78 Å². The maximum Gasteiger partial charge on any atom is 0.340 e. The number of aromatic nitrogens is 2. The number of nitrogens with zero attached hydrogens (tertiary/aromatic N) is 2. The minimum atomic E-state index is -4.29. The first-order chi connectivity index (χ1) is 15.3. The fourth-order valence-electron chi connectivity index (χ4n) is 2.90. The van der Waals surface area contributed by atoms with Crippen LogP contribution >= 0.6 is 0 Å². The molecule has 1 unspecified atom stereocenters. The van der Waals surface area contributed by atoms with Crippen molar-refractivity contribution in [3.8, 4) is 5.75 Å². The molecule has 1 N–H and O–H groups in total. The molecule has 0 saturated heterocycles. The van der Waals surface area contributed by atoms with E-state index in [0.717, 1.165) is 11.8 Å². The van der Waals surface area contributed by atoms with E-state index in [2.05, 4.69) is 15.3 Å². The summed E-state index contributed by atoms with van der Waals surface area (Å²) in [4.78, 5) is 33.0. The van der Waals surface area contributed by atoms with Gasteiger partial charge in [-0.15, -0.1) is 0 Å². The van der Waals surface area contributed by atoms with Gasteiger partial charge in [-0.05, 0) is 50.1 Å². The third kappa shape index (κ3) is 7.23. The standard InChI is InChI=1S/C23H27F4N3O3/c1-12(2)19(31)9-17-8-16(7-14(4)29-17)15(5)30-21(32)18-6-13(3)20(10-28-18)33-11-23(26,27)22(24)25/h6-8,10,12,15,22H,9,11H2,1-5H3,(H,30,32). The van der Waals surface area contributed by atoms with Crippen molar-refractivity contribution in [2.75, 3.05) is 6.61 Å². The van der Waals surface area contributed by atoms with Gasteiger partial charge < -0.3 is 10.1 Å². The van der Waals surface area contributed by atoms with Crippen molar-refractivity contribution in [1.29, 1.82) is 0 Å². The van der Waals surface area contributed by atoms with Gasteiger partial charge in [0.05, 0.1) is 12.2 Å². The van der Waals surface area contributed by atoms with Crippen LogP contribution in [0.2, 0.25) is 0 Å². The van der Waals surface area contributed by atoms with Crippen LogP contribution in [0, 0.1) is 19.8 Å². The second kappa shape index (κ2) is 10.7. The number of ether oxygens (including phenoxy) is 1. The molecule has 2 aromatic heterocycles. The van der Waals surface area contributed by atoms with Gasteiger partial charge in [0, 0.05) is 23.7 Å². The Balaban J connectivity index is 2.10. The van der Waals surface area contributed by atoms with Crippen molar-refractivity contribution >= 4 is 11.7 Å². The van der Waals surface area contributed by atoms with E-state index in [0.29, 0.717) is 17.0 Å². The molecule has 2 aromatic rings. The summed E-state index contributed by atoms with van der Waals surface area (Å²) in [5, 5.41) is 2.79. The first-order valence-corrected chi connectivity index (χ1v) is 10.4. The molecule has 1 amide bonds. The van der Waals surface area contributed by atoms with E-state index in [9.17, 15) is 27.2 Å². The van der Waals surface area contributed by atoms with Gasteiger partial charge in [0.1, 0.15) is 17.2 Å². The van der Waals surface area contributed by atoms with E-state index < -0.39 is 30.9 Å². The molecule has 6 nitrogen and oxygen atoms in total. The maximum atomic E-state index is 13.1. The number of carbonyl (C=O) groups is 2. The molecule has 0 aliphatic heterocycles. The number of pyridine rings is 2. The molecule has 33 heavy (non-hydrogen) atoms. The van der Waals surface area contributed by atoms with Gasteiger partial charge in [-0.25, -0.2) is 13.8 Å².